The van der Waals surface area contributed by atoms with E-state index in [2.05, 4.69) is 4.98 Å². The summed E-state index contributed by atoms with van der Waals surface area (Å²) in [7, 11) is 0. The molecule has 0 aromatic carbocycles. The molecule has 0 spiro atoms. The van der Waals surface area contributed by atoms with Gasteiger partial charge < -0.3 is 9.51 Å². The fourth-order valence-corrected chi connectivity index (χ4v) is 1.07. The second-order valence-electron chi connectivity index (χ2n) is 2.54. The van der Waals surface area contributed by atoms with Gasteiger partial charge in [0.1, 0.15) is 11.5 Å². The lowest BCUT2D eigenvalue weighted by Gasteiger charge is -1.90. The molecule has 0 atom stereocenters. The maximum absolute atomic E-state index is 12.7. The Bertz CT molecular complexity index is 483. The number of imidazole rings is 1. The second kappa shape index (κ2) is 3.63. The molecule has 0 unspecified atom stereocenters. The molecule has 0 amide bonds. The quantitative estimate of drug-likeness (QED) is 0.788. The zero-order chi connectivity index (χ0) is 9.42. The first kappa shape index (κ1) is 10.5. The monoisotopic (exact) mass is 216 g/mol. The summed E-state index contributed by atoms with van der Waals surface area (Å²) < 4.78 is 14.0. The number of aromatic nitrogens is 2. The van der Waals surface area contributed by atoms with Crippen molar-refractivity contribution in [1.82, 2.24) is 9.38 Å². The van der Waals surface area contributed by atoms with E-state index < -0.39 is 11.8 Å². The first-order chi connectivity index (χ1) is 6.16. The standard InChI is InChI=1S/C8H5FN2O2.ClH/c9-5-1-2-7-10-6(8(12)13)4-11(7)3-5;/h1-4H,(H,12,13);1H. The third kappa shape index (κ3) is 1.67. The molecule has 2 heterocycles. The van der Waals surface area contributed by atoms with E-state index in [4.69, 9.17) is 5.11 Å². The van der Waals surface area contributed by atoms with Gasteiger partial charge in [0.2, 0.25) is 0 Å². The maximum Gasteiger partial charge on any atom is 0.356 e. The molecule has 0 aliphatic carbocycles. The molecule has 0 fully saturated rings. The van der Waals surface area contributed by atoms with Gasteiger partial charge in [0.05, 0.1) is 0 Å². The minimum atomic E-state index is -1.12. The Balaban J connectivity index is 0.000000980. The molecule has 74 valence electrons. The van der Waals surface area contributed by atoms with Crippen molar-refractivity contribution in [2.45, 2.75) is 0 Å². The highest BCUT2D eigenvalue weighted by molar-refractivity contribution is 5.86. The molecule has 2 aromatic rings. The van der Waals surface area contributed by atoms with E-state index in [1.165, 1.54) is 28.9 Å². The van der Waals surface area contributed by atoms with Crippen molar-refractivity contribution in [3.63, 3.8) is 0 Å². The molecule has 0 saturated heterocycles. The van der Waals surface area contributed by atoms with Crippen molar-refractivity contribution in [3.8, 4) is 0 Å². The van der Waals surface area contributed by atoms with Crippen LogP contribution in [0.1, 0.15) is 10.5 Å². The Hall–Kier alpha value is -1.62. The van der Waals surface area contributed by atoms with Gasteiger partial charge in [-0.15, -0.1) is 12.4 Å². The third-order valence-corrected chi connectivity index (χ3v) is 1.63. The number of nitrogens with zero attached hydrogens (tertiary/aromatic N) is 2. The predicted octanol–water partition coefficient (Wildman–Crippen LogP) is 1.59. The Morgan fingerprint density at radius 3 is 2.79 bits per heavy atom. The molecule has 2 rings (SSSR count). The lowest BCUT2D eigenvalue weighted by molar-refractivity contribution is 0.0691. The lowest BCUT2D eigenvalue weighted by Crippen LogP contribution is -1.94. The first-order valence-corrected chi connectivity index (χ1v) is 3.54. The number of carbonyl (C=O) groups is 1. The number of carboxylic acids is 1. The summed E-state index contributed by atoms with van der Waals surface area (Å²) >= 11 is 0. The largest absolute Gasteiger partial charge is 0.476 e. The average molecular weight is 217 g/mol. The van der Waals surface area contributed by atoms with Crippen LogP contribution in [-0.4, -0.2) is 20.5 Å². The Labute approximate surface area is 84.4 Å². The van der Waals surface area contributed by atoms with Crippen LogP contribution >= 0.6 is 12.4 Å². The molecule has 0 aliphatic heterocycles. The molecule has 6 heteroatoms. The highest BCUT2D eigenvalue weighted by Crippen LogP contribution is 2.06. The van der Waals surface area contributed by atoms with Crippen LogP contribution in [0.5, 0.6) is 0 Å². The van der Waals surface area contributed by atoms with E-state index in [0.717, 1.165) is 0 Å². The predicted molar refractivity (Wildman–Crippen MR) is 49.4 cm³/mol. The zero-order valence-electron chi connectivity index (χ0n) is 6.85. The molecule has 2 aromatic heterocycles. The van der Waals surface area contributed by atoms with Gasteiger partial charge in [-0.05, 0) is 12.1 Å². The normalized spacial score (nSPS) is 9.79. The summed E-state index contributed by atoms with van der Waals surface area (Å²) in [5, 5.41) is 8.59. The highest BCUT2D eigenvalue weighted by atomic mass is 35.5. The van der Waals surface area contributed by atoms with Gasteiger partial charge >= 0.3 is 5.97 Å². The van der Waals surface area contributed by atoms with E-state index in [9.17, 15) is 9.18 Å². The number of rotatable bonds is 1. The van der Waals surface area contributed by atoms with E-state index in [1.807, 2.05) is 0 Å². The van der Waals surface area contributed by atoms with Crippen LogP contribution in [0.3, 0.4) is 0 Å². The van der Waals surface area contributed by atoms with Crippen molar-refractivity contribution in [2.24, 2.45) is 0 Å². The van der Waals surface area contributed by atoms with Crippen molar-refractivity contribution in [3.05, 3.63) is 36.0 Å². The summed E-state index contributed by atoms with van der Waals surface area (Å²) in [6.07, 6.45) is 2.44. The lowest BCUT2D eigenvalue weighted by atomic mass is 10.5. The van der Waals surface area contributed by atoms with Crippen molar-refractivity contribution in [2.75, 3.05) is 0 Å². The minimum Gasteiger partial charge on any atom is -0.476 e. The smallest absolute Gasteiger partial charge is 0.356 e. The minimum absolute atomic E-state index is 0. The summed E-state index contributed by atoms with van der Waals surface area (Å²) in [6.45, 7) is 0. The molecule has 4 nitrogen and oxygen atoms in total. The fourth-order valence-electron chi connectivity index (χ4n) is 1.07. The van der Waals surface area contributed by atoms with Gasteiger partial charge in [-0.1, -0.05) is 0 Å². The summed E-state index contributed by atoms with van der Waals surface area (Å²) in [5.74, 6) is -1.55. The van der Waals surface area contributed by atoms with Crippen LogP contribution in [0, 0.1) is 5.82 Å². The third-order valence-electron chi connectivity index (χ3n) is 1.63. The Morgan fingerprint density at radius 1 is 1.43 bits per heavy atom. The van der Waals surface area contributed by atoms with E-state index in [0.29, 0.717) is 5.65 Å². The number of carboxylic acid groups (broad SMARTS) is 1. The number of halogens is 2. The highest BCUT2D eigenvalue weighted by Gasteiger charge is 2.07. The number of hydrogen-bond acceptors (Lipinski definition) is 2. The van der Waals surface area contributed by atoms with Gasteiger partial charge in [0.25, 0.3) is 0 Å². The maximum atomic E-state index is 12.7. The molecular formula is C8H6ClFN2O2. The average Bonchev–Trinajstić information content (AvgIpc) is 2.46. The van der Waals surface area contributed by atoms with Crippen LogP contribution in [0.15, 0.2) is 24.5 Å². The molecule has 0 bridgehead atoms. The van der Waals surface area contributed by atoms with Crippen molar-refractivity contribution in [1.29, 1.82) is 0 Å². The molecule has 0 saturated carbocycles. The molecule has 0 radical (unpaired) electrons. The van der Waals surface area contributed by atoms with E-state index in [1.54, 1.807) is 0 Å². The zero-order valence-corrected chi connectivity index (χ0v) is 7.66. The Kier molecular flexibility index (Phi) is 2.71. The van der Waals surface area contributed by atoms with Crippen molar-refractivity contribution >= 4 is 24.0 Å². The fraction of sp³-hybridized carbons (Fsp3) is 0. The Morgan fingerprint density at radius 2 is 2.14 bits per heavy atom. The van der Waals surface area contributed by atoms with Gasteiger partial charge in [-0.25, -0.2) is 14.2 Å². The van der Waals surface area contributed by atoms with Crippen LogP contribution in [-0.2, 0) is 0 Å². The van der Waals surface area contributed by atoms with Gasteiger partial charge in [-0.2, -0.15) is 0 Å². The SMILES string of the molecule is Cl.O=C(O)c1cn2cc(F)ccc2n1. The number of pyridine rings is 1. The number of aromatic carboxylic acids is 1. The number of fused-ring (bicyclic) bond motifs is 1. The molecule has 0 aliphatic rings. The van der Waals surface area contributed by atoms with Gasteiger partial charge in [-0.3, -0.25) is 0 Å². The van der Waals surface area contributed by atoms with Gasteiger partial charge in [0.15, 0.2) is 5.69 Å². The van der Waals surface area contributed by atoms with Crippen LogP contribution in [0.4, 0.5) is 4.39 Å². The molecule has 1 N–H and O–H groups in total. The van der Waals surface area contributed by atoms with E-state index in [-0.39, 0.29) is 18.1 Å². The van der Waals surface area contributed by atoms with Crippen LogP contribution < -0.4 is 0 Å². The van der Waals surface area contributed by atoms with Gasteiger partial charge in [0, 0.05) is 12.4 Å². The van der Waals surface area contributed by atoms with Crippen molar-refractivity contribution < 1.29 is 14.3 Å². The topological polar surface area (TPSA) is 54.6 Å². The number of hydrogen-bond donors (Lipinski definition) is 1. The van der Waals surface area contributed by atoms with Crippen LogP contribution in [0.2, 0.25) is 0 Å². The molecule has 14 heavy (non-hydrogen) atoms. The summed E-state index contributed by atoms with van der Waals surface area (Å²) in [5.41, 5.74) is 0.324. The molecular weight excluding hydrogens is 211 g/mol. The van der Waals surface area contributed by atoms with E-state index >= 15 is 0 Å². The van der Waals surface area contributed by atoms with Crippen LogP contribution in [0.25, 0.3) is 5.65 Å². The second-order valence-corrected chi connectivity index (χ2v) is 2.54. The first-order valence-electron chi connectivity index (χ1n) is 3.54. The summed E-state index contributed by atoms with van der Waals surface area (Å²) in [4.78, 5) is 14.2. The summed E-state index contributed by atoms with van der Waals surface area (Å²) in [6, 6.07) is 2.65.